The number of nitrogens with one attached hydrogen (secondary N) is 2. The SMILES string of the molecule is COc1ccc2oc(=O)nc(NC(CCS(C)(=O)=O)C(=O)NC(C#N)CC(F)(F)C(F)(F)F)c2c1. The summed E-state index contributed by atoms with van der Waals surface area (Å²) in [5.74, 6) is -8.26. The van der Waals surface area contributed by atoms with E-state index in [2.05, 4.69) is 10.3 Å². The molecule has 0 saturated carbocycles. The number of aromatic nitrogens is 1. The lowest BCUT2D eigenvalue weighted by molar-refractivity contribution is -0.285. The molecule has 0 saturated heterocycles. The number of anilines is 1. The number of methoxy groups -OCH3 is 1. The minimum absolute atomic E-state index is 0.00436. The predicted octanol–water partition coefficient (Wildman–Crippen LogP) is 2.01. The molecule has 0 radical (unpaired) electrons. The van der Waals surface area contributed by atoms with Gasteiger partial charge in [0.15, 0.2) is 0 Å². The molecule has 1 amide bonds. The first-order valence-corrected chi connectivity index (χ1v) is 11.7. The third kappa shape index (κ3) is 7.50. The Morgan fingerprint density at radius 1 is 1.29 bits per heavy atom. The van der Waals surface area contributed by atoms with Crippen LogP contribution in [0, 0.1) is 11.3 Å². The van der Waals surface area contributed by atoms with Crippen LogP contribution >= 0.6 is 0 Å². The molecular formula is C19H19F5N4O6S. The summed E-state index contributed by atoms with van der Waals surface area (Å²) in [6, 6.07) is 1.43. The third-order valence-corrected chi connectivity index (χ3v) is 5.57. The van der Waals surface area contributed by atoms with E-state index in [0.717, 1.165) is 12.3 Å². The molecule has 10 nitrogen and oxygen atoms in total. The molecule has 1 aromatic heterocycles. The smallest absolute Gasteiger partial charge is 0.453 e. The molecule has 1 heterocycles. The van der Waals surface area contributed by atoms with Gasteiger partial charge in [0.1, 0.15) is 39.1 Å². The van der Waals surface area contributed by atoms with Crippen LogP contribution in [-0.4, -0.2) is 62.6 Å². The van der Waals surface area contributed by atoms with E-state index in [0.29, 0.717) is 0 Å². The first-order chi connectivity index (χ1) is 16.1. The van der Waals surface area contributed by atoms with Crippen molar-refractivity contribution in [2.75, 3.05) is 24.4 Å². The first kappa shape index (κ1) is 27.8. The fourth-order valence-corrected chi connectivity index (χ4v) is 3.49. The van der Waals surface area contributed by atoms with Crippen LogP contribution in [0.1, 0.15) is 12.8 Å². The molecule has 2 aromatic rings. The number of benzene rings is 1. The summed E-state index contributed by atoms with van der Waals surface area (Å²) < 4.78 is 97.5. The van der Waals surface area contributed by atoms with Gasteiger partial charge in [0.2, 0.25) is 5.91 Å². The van der Waals surface area contributed by atoms with E-state index in [9.17, 15) is 40.0 Å². The van der Waals surface area contributed by atoms with Gasteiger partial charge in [-0.25, -0.2) is 13.2 Å². The lowest BCUT2D eigenvalue weighted by Crippen LogP contribution is -2.49. The maximum atomic E-state index is 13.4. The van der Waals surface area contributed by atoms with Crippen molar-refractivity contribution in [3.63, 3.8) is 0 Å². The zero-order chi connectivity index (χ0) is 26.6. The topological polar surface area (TPSA) is 151 Å². The van der Waals surface area contributed by atoms with Gasteiger partial charge in [-0.1, -0.05) is 0 Å². The first-order valence-electron chi connectivity index (χ1n) is 9.64. The highest BCUT2D eigenvalue weighted by Gasteiger charge is 2.58. The maximum Gasteiger partial charge on any atom is 0.453 e. The second-order valence-electron chi connectivity index (χ2n) is 7.40. The number of sulfone groups is 1. The van der Waals surface area contributed by atoms with Crippen LogP contribution in [0.5, 0.6) is 5.75 Å². The van der Waals surface area contributed by atoms with Crippen LogP contribution in [-0.2, 0) is 14.6 Å². The van der Waals surface area contributed by atoms with Gasteiger partial charge in [-0.15, -0.1) is 0 Å². The summed E-state index contributed by atoms with van der Waals surface area (Å²) in [6.07, 6.45) is -7.68. The normalized spacial score (nSPS) is 14.1. The maximum absolute atomic E-state index is 13.4. The standard InChI is InChI=1S/C19H19F5N4O6S/c1-33-11-3-4-14-12(7-11)15(28-17(30)34-14)27-13(5-6-35(2,31)32)16(29)26-10(9-25)8-18(20,21)19(22,23)24/h3-4,7,10,13H,5-6,8H2,1-2H3,(H,26,29)(H,27,28,30). The number of rotatable bonds is 10. The minimum atomic E-state index is -5.96. The van der Waals surface area contributed by atoms with Gasteiger partial charge in [0.25, 0.3) is 0 Å². The number of amides is 1. The Hall–Kier alpha value is -3.48. The van der Waals surface area contributed by atoms with E-state index < -0.39 is 64.3 Å². The number of hydrogen-bond acceptors (Lipinski definition) is 9. The molecule has 0 aliphatic heterocycles. The highest BCUT2D eigenvalue weighted by molar-refractivity contribution is 7.90. The van der Waals surface area contributed by atoms with Gasteiger partial charge in [-0.2, -0.15) is 32.2 Å². The van der Waals surface area contributed by atoms with Crippen molar-refractivity contribution in [2.24, 2.45) is 0 Å². The van der Waals surface area contributed by atoms with E-state index in [1.807, 2.05) is 0 Å². The average Bonchev–Trinajstić information content (AvgIpc) is 2.73. The lowest BCUT2D eigenvalue weighted by Gasteiger charge is -2.24. The molecule has 0 fully saturated rings. The molecule has 0 aliphatic carbocycles. The van der Waals surface area contributed by atoms with Gasteiger partial charge >= 0.3 is 17.9 Å². The van der Waals surface area contributed by atoms with Crippen LogP contribution in [0.3, 0.4) is 0 Å². The molecule has 0 aliphatic rings. The summed E-state index contributed by atoms with van der Waals surface area (Å²) >= 11 is 0. The van der Waals surface area contributed by atoms with Crippen molar-refractivity contribution in [2.45, 2.75) is 37.0 Å². The summed E-state index contributed by atoms with van der Waals surface area (Å²) in [7, 11) is -2.33. The molecule has 1 aromatic carbocycles. The molecule has 0 spiro atoms. The van der Waals surface area contributed by atoms with E-state index >= 15 is 0 Å². The van der Waals surface area contributed by atoms with Crippen molar-refractivity contribution in [3.05, 3.63) is 28.7 Å². The number of ether oxygens (including phenoxy) is 1. The minimum Gasteiger partial charge on any atom is -0.497 e. The average molecular weight is 526 g/mol. The molecule has 2 unspecified atom stereocenters. The van der Waals surface area contributed by atoms with Crippen LogP contribution in [0.2, 0.25) is 0 Å². The van der Waals surface area contributed by atoms with E-state index in [1.165, 1.54) is 25.3 Å². The number of fused-ring (bicyclic) bond motifs is 1. The molecule has 2 atom stereocenters. The number of carbonyl (C=O) groups excluding carboxylic acids is 1. The van der Waals surface area contributed by atoms with E-state index in [1.54, 1.807) is 5.32 Å². The predicted molar refractivity (Wildman–Crippen MR) is 112 cm³/mol. The van der Waals surface area contributed by atoms with Crippen LogP contribution in [0.4, 0.5) is 27.8 Å². The van der Waals surface area contributed by atoms with Crippen molar-refractivity contribution in [1.29, 1.82) is 5.26 Å². The monoisotopic (exact) mass is 526 g/mol. The zero-order valence-electron chi connectivity index (χ0n) is 18.2. The van der Waals surface area contributed by atoms with Crippen LogP contribution in [0.15, 0.2) is 27.4 Å². The second kappa shape index (κ2) is 10.4. The van der Waals surface area contributed by atoms with Crippen LogP contribution < -0.4 is 21.1 Å². The number of nitrogens with zero attached hydrogens (tertiary/aromatic N) is 2. The number of halogens is 5. The number of alkyl halides is 5. The molecule has 0 bridgehead atoms. The quantitative estimate of drug-likeness (QED) is 0.443. The Morgan fingerprint density at radius 2 is 1.94 bits per heavy atom. The van der Waals surface area contributed by atoms with E-state index in [-0.39, 0.29) is 22.5 Å². The molecule has 192 valence electrons. The van der Waals surface area contributed by atoms with Crippen molar-refractivity contribution < 1.29 is 44.3 Å². The third-order valence-electron chi connectivity index (χ3n) is 4.59. The largest absolute Gasteiger partial charge is 0.497 e. The van der Waals surface area contributed by atoms with Gasteiger partial charge < -0.3 is 19.8 Å². The van der Waals surface area contributed by atoms with Crippen LogP contribution in [0.25, 0.3) is 11.0 Å². The van der Waals surface area contributed by atoms with Gasteiger partial charge in [0, 0.05) is 6.26 Å². The van der Waals surface area contributed by atoms with Crippen molar-refractivity contribution in [3.8, 4) is 11.8 Å². The molecule has 2 rings (SSSR count). The van der Waals surface area contributed by atoms with Gasteiger partial charge in [-0.05, 0) is 24.6 Å². The lowest BCUT2D eigenvalue weighted by atomic mass is 10.1. The highest BCUT2D eigenvalue weighted by atomic mass is 32.2. The highest BCUT2D eigenvalue weighted by Crippen LogP contribution is 2.38. The molecule has 16 heteroatoms. The number of hydrogen-bond donors (Lipinski definition) is 2. The molecular weight excluding hydrogens is 507 g/mol. The number of nitriles is 1. The van der Waals surface area contributed by atoms with Crippen molar-refractivity contribution >= 4 is 32.5 Å². The number of carbonyl (C=O) groups is 1. The fourth-order valence-electron chi connectivity index (χ4n) is 2.83. The molecule has 35 heavy (non-hydrogen) atoms. The Kier molecular flexibility index (Phi) is 8.27. The Labute approximate surface area is 195 Å². The van der Waals surface area contributed by atoms with Gasteiger partial charge in [0.05, 0.1) is 30.7 Å². The Balaban J connectivity index is 2.39. The Bertz CT molecular complexity index is 1290. The Morgan fingerprint density at radius 3 is 2.49 bits per heavy atom. The summed E-state index contributed by atoms with van der Waals surface area (Å²) in [5, 5.41) is 13.4. The van der Waals surface area contributed by atoms with E-state index in [4.69, 9.17) is 14.4 Å². The summed E-state index contributed by atoms with van der Waals surface area (Å²) in [4.78, 5) is 28.1. The fraction of sp³-hybridized carbons (Fsp3) is 0.474. The molecule has 2 N–H and O–H groups in total. The second-order valence-corrected chi connectivity index (χ2v) is 9.66. The van der Waals surface area contributed by atoms with Gasteiger partial charge in [-0.3, -0.25) is 4.79 Å². The summed E-state index contributed by atoms with van der Waals surface area (Å²) in [6.45, 7) is 0. The zero-order valence-corrected chi connectivity index (χ0v) is 19.0. The van der Waals surface area contributed by atoms with Crippen molar-refractivity contribution in [1.82, 2.24) is 10.3 Å². The summed E-state index contributed by atoms with van der Waals surface area (Å²) in [5.41, 5.74) is -0.00436.